The van der Waals surface area contributed by atoms with Crippen LogP contribution in [0, 0.1) is 0 Å². The smallest absolute Gasteiger partial charge is 0.192 e. The van der Waals surface area contributed by atoms with Gasteiger partial charge in [-0.3, -0.25) is 0 Å². The lowest BCUT2D eigenvalue weighted by atomic mass is 9.96. The van der Waals surface area contributed by atoms with Crippen LogP contribution in [0.1, 0.15) is 59.8 Å². The molecule has 0 amide bonds. The molecule has 12 nitrogen and oxygen atoms in total. The van der Waals surface area contributed by atoms with Crippen LogP contribution in [0.5, 0.6) is 0 Å². The van der Waals surface area contributed by atoms with Crippen molar-refractivity contribution in [2.45, 2.75) is 71.9 Å². The van der Waals surface area contributed by atoms with Gasteiger partial charge in [0.25, 0.3) is 0 Å². The summed E-state index contributed by atoms with van der Waals surface area (Å²) in [4.78, 5) is 10.5. The molecule has 1 fully saturated rings. The van der Waals surface area contributed by atoms with E-state index in [-0.39, 0.29) is 0 Å². The first kappa shape index (κ1) is 70.0. The van der Waals surface area contributed by atoms with E-state index in [0.717, 1.165) is 25.0 Å². The van der Waals surface area contributed by atoms with Gasteiger partial charge in [-0.2, -0.15) is 0 Å². The third-order valence-corrected chi connectivity index (χ3v) is 8.80. The molecule has 0 radical (unpaired) electrons. The van der Waals surface area contributed by atoms with Gasteiger partial charge in [0, 0.05) is 84.5 Å². The van der Waals surface area contributed by atoms with E-state index in [1.54, 1.807) is 6.26 Å². The minimum Gasteiger partial charge on any atom is -0.449 e. The van der Waals surface area contributed by atoms with Crippen molar-refractivity contribution < 1.29 is 4.42 Å². The molecule has 65 heavy (non-hydrogen) atoms. The molecule has 5 N–H and O–H groups in total. The lowest BCUT2D eigenvalue weighted by molar-refractivity contribution is 0.0244. The van der Waals surface area contributed by atoms with Crippen LogP contribution < -0.4 is 31.5 Å². The summed E-state index contributed by atoms with van der Waals surface area (Å²) in [5.41, 5.74) is 8.16. The van der Waals surface area contributed by atoms with E-state index in [1.807, 2.05) is 144 Å². The quantitative estimate of drug-likeness (QED) is 0.121. The highest BCUT2D eigenvalue weighted by Gasteiger charge is 2.09. The molecule has 1 heterocycles. The maximum absolute atomic E-state index is 4.87. The summed E-state index contributed by atoms with van der Waals surface area (Å²) in [6, 6.07) is 36.1. The summed E-state index contributed by atoms with van der Waals surface area (Å²) in [7, 11) is 35.6. The van der Waals surface area contributed by atoms with Crippen molar-refractivity contribution in [1.82, 2.24) is 35.4 Å². The molecule has 5 rings (SSSR count). The van der Waals surface area contributed by atoms with Crippen LogP contribution in [0.25, 0.3) is 0 Å². The van der Waals surface area contributed by atoms with Crippen LogP contribution in [-0.2, 0) is 0 Å². The minimum atomic E-state index is 0.602. The molecule has 0 unspecified atom stereocenters. The van der Waals surface area contributed by atoms with Crippen LogP contribution in [0.15, 0.2) is 114 Å². The predicted molar refractivity (Wildman–Crippen MR) is 296 cm³/mol. The van der Waals surface area contributed by atoms with E-state index in [1.165, 1.54) is 56.2 Å². The van der Waals surface area contributed by atoms with Gasteiger partial charge in [0.2, 0.25) is 0 Å². The summed E-state index contributed by atoms with van der Waals surface area (Å²) in [6.45, 7) is 11.0. The molecular formula is C53H105N11O. The predicted octanol–water partition coefficient (Wildman–Crippen LogP) is 9.59. The molecule has 0 bridgehead atoms. The fraction of sp³-hybridized carbons (Fsp3) is 0.585. The number of para-hydroxylation sites is 3. The second-order valence-electron chi connectivity index (χ2n) is 16.5. The first-order chi connectivity index (χ1) is 30.8. The van der Waals surface area contributed by atoms with Crippen molar-refractivity contribution in [2.75, 3.05) is 155 Å². The van der Waals surface area contributed by atoms with Crippen LogP contribution in [0.4, 0.5) is 22.9 Å². The van der Waals surface area contributed by atoms with E-state index in [4.69, 9.17) is 4.42 Å². The summed E-state index contributed by atoms with van der Waals surface area (Å²) < 4.78 is 4.87. The number of hydrazine groups is 1. The standard InChI is InChI=1S/C13H13N.C8H11N.C7H15N.C6H16N2.C5H7NO.C5H13N.2C3H9N.C2H7N.CH5N/c1-14(12-8-4-2-5-9-12)13-10-6-3-7-11-13;1-9(2)8-6-4-3-5-7-8;1-8-7-5-3-2-4-6-7;1-6(2)8(5)7(3)4;1-6-5-3-2-4-7-5;1-4-6(3)5-2;2*1-4(2)3;1-3-2;1-2/h2-11H,1H3;3-7H,1-2H3;7-8H,2-6H2,1H3;6H,1-5H3;2-4,6H,1H3;4-5H2,1-3H3;2*1-3H3;3H,1-2H3;2H2,1H3. The van der Waals surface area contributed by atoms with Crippen molar-refractivity contribution in [3.8, 4) is 0 Å². The summed E-state index contributed by atoms with van der Waals surface area (Å²) in [5, 5.41) is 13.1. The minimum absolute atomic E-state index is 0.602. The number of furan rings is 1. The average Bonchev–Trinajstić information content (AvgIpc) is 3.85. The first-order valence-electron chi connectivity index (χ1n) is 23.2. The molecule has 1 aliphatic carbocycles. The topological polar surface area (TPSA) is 97.9 Å². The normalized spacial score (nSPS) is 11.1. The molecule has 0 saturated heterocycles. The van der Waals surface area contributed by atoms with Gasteiger partial charge in [-0.25, -0.2) is 10.0 Å². The SMILES string of the molecule is CC(C)N(C)N(C)C.CCN(C)CC.CN.CN(C)C.CN(C)C.CN(C)c1ccccc1.CN(c1ccccc1)c1ccccc1.CNC.CNC1CCCCC1.CNc1ccco1. The summed E-state index contributed by atoms with van der Waals surface area (Å²) in [6.07, 6.45) is 8.76. The molecule has 12 heteroatoms. The van der Waals surface area contributed by atoms with Gasteiger partial charge in [0.15, 0.2) is 5.88 Å². The van der Waals surface area contributed by atoms with E-state index < -0.39 is 0 Å². The van der Waals surface area contributed by atoms with Gasteiger partial charge in [0.05, 0.1) is 6.26 Å². The molecule has 0 spiro atoms. The van der Waals surface area contributed by atoms with Crippen LogP contribution >= 0.6 is 0 Å². The van der Waals surface area contributed by atoms with Crippen LogP contribution in [0.2, 0.25) is 0 Å². The van der Waals surface area contributed by atoms with Gasteiger partial charge >= 0.3 is 0 Å². The Morgan fingerprint density at radius 3 is 1.08 bits per heavy atom. The van der Waals surface area contributed by atoms with Gasteiger partial charge in [0.1, 0.15) is 0 Å². The zero-order chi connectivity index (χ0) is 51.0. The second kappa shape index (κ2) is 51.0. The van der Waals surface area contributed by atoms with Gasteiger partial charge in [-0.05, 0) is 160 Å². The Kier molecular flexibility index (Phi) is 55.0. The highest BCUT2D eigenvalue weighted by molar-refractivity contribution is 5.61. The number of nitrogens with one attached hydrogen (secondary N) is 3. The third kappa shape index (κ3) is 50.9. The molecule has 0 atom stereocenters. The largest absolute Gasteiger partial charge is 0.449 e. The van der Waals surface area contributed by atoms with Crippen LogP contribution in [-0.4, -0.2) is 177 Å². The zero-order valence-electron chi connectivity index (χ0n) is 46.1. The van der Waals surface area contributed by atoms with Gasteiger partial charge < -0.3 is 50.6 Å². The zero-order valence-corrected chi connectivity index (χ0v) is 46.1. The average molecular weight is 912 g/mol. The molecular weight excluding hydrogens is 807 g/mol. The van der Waals surface area contributed by atoms with E-state index in [0.29, 0.717) is 6.04 Å². The van der Waals surface area contributed by atoms with Crippen molar-refractivity contribution in [2.24, 2.45) is 5.73 Å². The molecule has 0 aliphatic heterocycles. The van der Waals surface area contributed by atoms with E-state index in [2.05, 4.69) is 163 Å². The summed E-state index contributed by atoms with van der Waals surface area (Å²) >= 11 is 0. The lowest BCUT2D eigenvalue weighted by Crippen LogP contribution is -2.38. The number of nitrogens with zero attached hydrogens (tertiary/aromatic N) is 7. The number of benzene rings is 3. The highest BCUT2D eigenvalue weighted by atomic mass is 16.3. The highest BCUT2D eigenvalue weighted by Crippen LogP contribution is 2.22. The van der Waals surface area contributed by atoms with Crippen molar-refractivity contribution in [1.29, 1.82) is 0 Å². The number of nitrogens with two attached hydrogens (primary N) is 1. The Bertz CT molecular complexity index is 1340. The molecule has 1 aromatic heterocycles. The van der Waals surface area contributed by atoms with Crippen molar-refractivity contribution in [3.05, 3.63) is 109 Å². The lowest BCUT2D eigenvalue weighted by Gasteiger charge is -2.27. The molecule has 3 aromatic carbocycles. The number of rotatable bonds is 9. The van der Waals surface area contributed by atoms with Gasteiger partial charge in [-0.15, -0.1) is 0 Å². The summed E-state index contributed by atoms with van der Waals surface area (Å²) in [5.74, 6) is 0.806. The Morgan fingerprint density at radius 2 is 0.908 bits per heavy atom. The Morgan fingerprint density at radius 1 is 0.554 bits per heavy atom. The maximum atomic E-state index is 4.87. The fourth-order valence-corrected chi connectivity index (χ4v) is 4.68. The number of hydrogen-bond acceptors (Lipinski definition) is 12. The van der Waals surface area contributed by atoms with E-state index in [9.17, 15) is 0 Å². The second-order valence-corrected chi connectivity index (χ2v) is 16.5. The van der Waals surface area contributed by atoms with Crippen molar-refractivity contribution >= 4 is 22.9 Å². The van der Waals surface area contributed by atoms with Crippen molar-refractivity contribution in [3.63, 3.8) is 0 Å². The molecule has 4 aromatic rings. The Hall–Kier alpha value is -3.98. The first-order valence-corrected chi connectivity index (χ1v) is 23.2. The Labute approximate surface area is 403 Å². The van der Waals surface area contributed by atoms with Gasteiger partial charge in [-0.1, -0.05) is 87.7 Å². The monoisotopic (exact) mass is 912 g/mol. The molecule has 378 valence electrons. The fourth-order valence-electron chi connectivity index (χ4n) is 4.68. The number of anilines is 4. The van der Waals surface area contributed by atoms with E-state index >= 15 is 0 Å². The van der Waals surface area contributed by atoms with Crippen LogP contribution in [0.3, 0.4) is 0 Å². The molecule has 1 aliphatic rings. The number of hydrogen-bond donors (Lipinski definition) is 4. The molecule has 1 saturated carbocycles. The maximum Gasteiger partial charge on any atom is 0.192 e. The Balaban J connectivity index is -0.000000214. The third-order valence-electron chi connectivity index (χ3n) is 8.80.